The highest BCUT2D eigenvalue weighted by Crippen LogP contribution is 2.36. The SMILES string of the molecule is Fc1cc(F)c(C(Br)c2ccccc2Br)cc1F. The topological polar surface area (TPSA) is 0 Å². The summed E-state index contributed by atoms with van der Waals surface area (Å²) in [6.07, 6.45) is 0. The van der Waals surface area contributed by atoms with Gasteiger partial charge in [-0.3, -0.25) is 0 Å². The van der Waals surface area contributed by atoms with Crippen LogP contribution in [0.15, 0.2) is 40.9 Å². The molecular weight excluding hydrogens is 373 g/mol. The monoisotopic (exact) mass is 378 g/mol. The average molecular weight is 380 g/mol. The van der Waals surface area contributed by atoms with Gasteiger partial charge in [0.25, 0.3) is 0 Å². The van der Waals surface area contributed by atoms with E-state index in [-0.39, 0.29) is 5.56 Å². The predicted octanol–water partition coefficient (Wildman–Crippen LogP) is 5.35. The van der Waals surface area contributed by atoms with E-state index >= 15 is 0 Å². The molecule has 0 fully saturated rings. The van der Waals surface area contributed by atoms with Gasteiger partial charge in [-0.25, -0.2) is 13.2 Å². The fourth-order valence-electron chi connectivity index (χ4n) is 1.58. The van der Waals surface area contributed by atoms with Crippen molar-refractivity contribution < 1.29 is 13.2 Å². The van der Waals surface area contributed by atoms with E-state index in [9.17, 15) is 13.2 Å². The minimum atomic E-state index is -1.19. The van der Waals surface area contributed by atoms with Crippen LogP contribution in [-0.4, -0.2) is 0 Å². The molecule has 0 amide bonds. The van der Waals surface area contributed by atoms with Crippen LogP contribution in [0.25, 0.3) is 0 Å². The molecule has 0 heterocycles. The standard InChI is InChI=1S/C13H7Br2F3/c14-9-4-2-1-3-7(9)13(15)8-5-11(17)12(18)6-10(8)16/h1-6,13H. The van der Waals surface area contributed by atoms with Gasteiger partial charge in [-0.05, 0) is 17.7 Å². The summed E-state index contributed by atoms with van der Waals surface area (Å²) in [5.41, 5.74) is 0.795. The van der Waals surface area contributed by atoms with Crippen molar-refractivity contribution in [2.24, 2.45) is 0 Å². The Labute approximate surface area is 119 Å². The third-order valence-corrected chi connectivity index (χ3v) is 4.20. The van der Waals surface area contributed by atoms with Gasteiger partial charge in [0.05, 0.1) is 4.83 Å². The van der Waals surface area contributed by atoms with Crippen molar-refractivity contribution in [3.63, 3.8) is 0 Å². The van der Waals surface area contributed by atoms with Crippen molar-refractivity contribution in [3.8, 4) is 0 Å². The van der Waals surface area contributed by atoms with Crippen LogP contribution >= 0.6 is 31.9 Å². The molecule has 2 rings (SSSR count). The zero-order valence-corrected chi connectivity index (χ0v) is 12.1. The Balaban J connectivity index is 2.50. The van der Waals surface area contributed by atoms with E-state index in [0.29, 0.717) is 6.07 Å². The van der Waals surface area contributed by atoms with E-state index in [0.717, 1.165) is 16.1 Å². The summed E-state index contributed by atoms with van der Waals surface area (Å²) in [5.74, 6) is -3.04. The van der Waals surface area contributed by atoms with Gasteiger partial charge >= 0.3 is 0 Å². The molecule has 5 heteroatoms. The summed E-state index contributed by atoms with van der Waals surface area (Å²) in [7, 11) is 0. The largest absolute Gasteiger partial charge is 0.207 e. The van der Waals surface area contributed by atoms with Crippen LogP contribution < -0.4 is 0 Å². The number of benzene rings is 2. The molecule has 0 spiro atoms. The number of hydrogen-bond acceptors (Lipinski definition) is 0. The first kappa shape index (κ1) is 13.6. The molecule has 0 bridgehead atoms. The Hall–Kier alpha value is -0.810. The minimum Gasteiger partial charge on any atom is -0.207 e. The Morgan fingerprint density at radius 2 is 1.44 bits per heavy atom. The van der Waals surface area contributed by atoms with Gasteiger partial charge in [0.15, 0.2) is 11.6 Å². The number of halogens is 5. The van der Waals surface area contributed by atoms with Crippen molar-refractivity contribution >= 4 is 31.9 Å². The molecule has 1 atom stereocenters. The molecule has 94 valence electrons. The third kappa shape index (κ3) is 2.62. The third-order valence-electron chi connectivity index (χ3n) is 2.49. The van der Waals surface area contributed by atoms with E-state index < -0.39 is 22.3 Å². The number of alkyl halides is 1. The molecule has 18 heavy (non-hydrogen) atoms. The second-order valence-corrected chi connectivity index (χ2v) is 5.44. The maximum absolute atomic E-state index is 13.6. The first-order valence-corrected chi connectivity index (χ1v) is 6.74. The highest BCUT2D eigenvalue weighted by molar-refractivity contribution is 9.11. The molecule has 0 saturated heterocycles. The minimum absolute atomic E-state index is 0.0563. The Morgan fingerprint density at radius 1 is 0.833 bits per heavy atom. The van der Waals surface area contributed by atoms with Gasteiger partial charge in [0, 0.05) is 16.1 Å². The highest BCUT2D eigenvalue weighted by Gasteiger charge is 2.19. The second kappa shape index (κ2) is 5.45. The summed E-state index contributed by atoms with van der Waals surface area (Å²) in [6, 6.07) is 8.58. The predicted molar refractivity (Wildman–Crippen MR) is 71.2 cm³/mol. The lowest BCUT2D eigenvalue weighted by Crippen LogP contribution is -2.00. The highest BCUT2D eigenvalue weighted by atomic mass is 79.9. The molecule has 0 nitrogen and oxygen atoms in total. The Kier molecular flexibility index (Phi) is 4.12. The normalized spacial score (nSPS) is 12.5. The molecule has 0 saturated carbocycles. The van der Waals surface area contributed by atoms with Crippen molar-refractivity contribution in [2.45, 2.75) is 4.83 Å². The summed E-state index contributed by atoms with van der Waals surface area (Å²) in [4.78, 5) is -0.553. The summed E-state index contributed by atoms with van der Waals surface area (Å²) >= 11 is 6.63. The fraction of sp³-hybridized carbons (Fsp3) is 0.0769. The molecule has 2 aromatic rings. The van der Waals surface area contributed by atoms with Crippen LogP contribution in [0.1, 0.15) is 16.0 Å². The maximum atomic E-state index is 13.6. The Morgan fingerprint density at radius 3 is 2.11 bits per heavy atom. The lowest BCUT2D eigenvalue weighted by molar-refractivity contribution is 0.491. The van der Waals surface area contributed by atoms with E-state index in [1.54, 1.807) is 18.2 Å². The van der Waals surface area contributed by atoms with Crippen molar-refractivity contribution in [1.29, 1.82) is 0 Å². The van der Waals surface area contributed by atoms with Gasteiger partial charge in [-0.1, -0.05) is 50.1 Å². The Bertz CT molecular complexity index is 584. The number of rotatable bonds is 2. The zero-order chi connectivity index (χ0) is 13.3. The quantitative estimate of drug-likeness (QED) is 0.487. The second-order valence-electron chi connectivity index (χ2n) is 3.67. The van der Waals surface area contributed by atoms with Crippen LogP contribution in [0, 0.1) is 17.5 Å². The summed E-state index contributed by atoms with van der Waals surface area (Å²) in [6.45, 7) is 0. The van der Waals surface area contributed by atoms with Crippen LogP contribution in [0.4, 0.5) is 13.2 Å². The molecule has 2 aromatic carbocycles. The van der Waals surface area contributed by atoms with Crippen molar-refractivity contribution in [3.05, 3.63) is 69.4 Å². The zero-order valence-electron chi connectivity index (χ0n) is 8.93. The molecule has 0 N–H and O–H groups in total. The molecule has 1 unspecified atom stereocenters. The molecule has 0 aliphatic heterocycles. The van der Waals surface area contributed by atoms with Gasteiger partial charge in [0.2, 0.25) is 0 Å². The van der Waals surface area contributed by atoms with Gasteiger partial charge in [0.1, 0.15) is 5.82 Å². The molecule has 0 aliphatic rings. The lowest BCUT2D eigenvalue weighted by Gasteiger charge is -2.13. The molecule has 0 aromatic heterocycles. The van der Waals surface area contributed by atoms with Crippen LogP contribution in [0.5, 0.6) is 0 Å². The van der Waals surface area contributed by atoms with Crippen molar-refractivity contribution in [2.75, 3.05) is 0 Å². The van der Waals surface area contributed by atoms with Crippen LogP contribution in [0.2, 0.25) is 0 Å². The summed E-state index contributed by atoms with van der Waals surface area (Å²) < 4.78 is 40.4. The summed E-state index contributed by atoms with van der Waals surface area (Å²) in [5, 5.41) is 0. The van der Waals surface area contributed by atoms with E-state index in [1.165, 1.54) is 0 Å². The average Bonchev–Trinajstić information content (AvgIpc) is 2.33. The molecule has 0 radical (unpaired) electrons. The smallest absolute Gasteiger partial charge is 0.161 e. The maximum Gasteiger partial charge on any atom is 0.161 e. The first-order chi connectivity index (χ1) is 8.50. The van der Waals surface area contributed by atoms with E-state index in [2.05, 4.69) is 31.9 Å². The first-order valence-electron chi connectivity index (χ1n) is 5.03. The molecule has 0 aliphatic carbocycles. The van der Waals surface area contributed by atoms with E-state index in [1.807, 2.05) is 6.07 Å². The number of hydrogen-bond donors (Lipinski definition) is 0. The van der Waals surface area contributed by atoms with Gasteiger partial charge in [-0.15, -0.1) is 0 Å². The lowest BCUT2D eigenvalue weighted by atomic mass is 10.0. The fourth-order valence-corrected chi connectivity index (χ4v) is 3.15. The molecular formula is C13H7Br2F3. The van der Waals surface area contributed by atoms with E-state index in [4.69, 9.17) is 0 Å². The van der Waals surface area contributed by atoms with Gasteiger partial charge in [-0.2, -0.15) is 0 Å². The van der Waals surface area contributed by atoms with Crippen LogP contribution in [0.3, 0.4) is 0 Å². The van der Waals surface area contributed by atoms with Gasteiger partial charge < -0.3 is 0 Å². The van der Waals surface area contributed by atoms with Crippen LogP contribution in [-0.2, 0) is 0 Å². The van der Waals surface area contributed by atoms with Crippen molar-refractivity contribution in [1.82, 2.24) is 0 Å².